The van der Waals surface area contributed by atoms with Crippen LogP contribution in [0.2, 0.25) is 0 Å². The van der Waals surface area contributed by atoms with Crippen LogP contribution in [0.5, 0.6) is 0 Å². The lowest BCUT2D eigenvalue weighted by Gasteiger charge is -2.09. The SMILES string of the molecule is Cc1ccc(C)c(-c2ccc3c(c2)C(=O)c2ccccc2-3)c1. The van der Waals surface area contributed by atoms with E-state index in [0.29, 0.717) is 0 Å². The van der Waals surface area contributed by atoms with Gasteiger partial charge in [0.05, 0.1) is 0 Å². The fourth-order valence-corrected chi connectivity index (χ4v) is 3.24. The van der Waals surface area contributed by atoms with Crippen LogP contribution in [0.3, 0.4) is 0 Å². The van der Waals surface area contributed by atoms with E-state index in [0.717, 1.165) is 27.8 Å². The van der Waals surface area contributed by atoms with Crippen molar-refractivity contribution in [3.63, 3.8) is 0 Å². The molecule has 0 amide bonds. The zero-order valence-corrected chi connectivity index (χ0v) is 12.7. The summed E-state index contributed by atoms with van der Waals surface area (Å²) >= 11 is 0. The largest absolute Gasteiger partial charge is 0.289 e. The van der Waals surface area contributed by atoms with Crippen LogP contribution in [-0.4, -0.2) is 5.78 Å². The first-order chi connectivity index (χ1) is 10.6. The summed E-state index contributed by atoms with van der Waals surface area (Å²) in [5, 5.41) is 0. The molecular weight excluding hydrogens is 268 g/mol. The van der Waals surface area contributed by atoms with Crippen molar-refractivity contribution < 1.29 is 4.79 Å². The normalized spacial score (nSPS) is 12.2. The van der Waals surface area contributed by atoms with Gasteiger partial charge in [-0.3, -0.25) is 4.79 Å². The second-order valence-electron chi connectivity index (χ2n) is 5.95. The second kappa shape index (κ2) is 4.67. The maximum Gasteiger partial charge on any atom is 0.194 e. The molecule has 4 rings (SSSR count). The van der Waals surface area contributed by atoms with E-state index < -0.39 is 0 Å². The molecule has 0 bridgehead atoms. The Labute approximate surface area is 130 Å². The average molecular weight is 284 g/mol. The Hall–Kier alpha value is -2.67. The van der Waals surface area contributed by atoms with Crippen molar-refractivity contribution in [3.05, 3.63) is 82.9 Å². The minimum Gasteiger partial charge on any atom is -0.289 e. The van der Waals surface area contributed by atoms with Crippen LogP contribution in [-0.2, 0) is 0 Å². The quantitative estimate of drug-likeness (QED) is 0.470. The van der Waals surface area contributed by atoms with Gasteiger partial charge in [-0.25, -0.2) is 0 Å². The Kier molecular flexibility index (Phi) is 2.77. The monoisotopic (exact) mass is 284 g/mol. The van der Waals surface area contributed by atoms with Gasteiger partial charge in [0.25, 0.3) is 0 Å². The van der Waals surface area contributed by atoms with E-state index in [9.17, 15) is 4.79 Å². The molecule has 1 aliphatic carbocycles. The Morgan fingerprint density at radius 3 is 2.18 bits per heavy atom. The van der Waals surface area contributed by atoms with E-state index in [4.69, 9.17) is 0 Å². The highest BCUT2D eigenvalue weighted by Crippen LogP contribution is 2.38. The maximum absolute atomic E-state index is 12.6. The molecule has 0 aliphatic heterocycles. The van der Waals surface area contributed by atoms with E-state index in [1.54, 1.807) is 0 Å². The summed E-state index contributed by atoms with van der Waals surface area (Å²) < 4.78 is 0. The molecule has 3 aromatic rings. The summed E-state index contributed by atoms with van der Waals surface area (Å²) in [5.74, 6) is 0.137. The molecule has 0 atom stereocenters. The van der Waals surface area contributed by atoms with Crippen molar-refractivity contribution in [1.29, 1.82) is 0 Å². The first-order valence-corrected chi connectivity index (χ1v) is 7.51. The molecule has 106 valence electrons. The fraction of sp³-hybridized carbons (Fsp3) is 0.0952. The molecule has 0 aromatic heterocycles. The number of ketones is 1. The van der Waals surface area contributed by atoms with Gasteiger partial charge in [-0.2, -0.15) is 0 Å². The third-order valence-corrected chi connectivity index (χ3v) is 4.43. The molecule has 0 unspecified atom stereocenters. The summed E-state index contributed by atoms with van der Waals surface area (Å²) in [5.41, 5.74) is 8.51. The van der Waals surface area contributed by atoms with Crippen LogP contribution in [0.25, 0.3) is 22.3 Å². The summed E-state index contributed by atoms with van der Waals surface area (Å²) in [4.78, 5) is 12.6. The minimum atomic E-state index is 0.137. The zero-order chi connectivity index (χ0) is 15.3. The number of hydrogen-bond acceptors (Lipinski definition) is 1. The predicted molar refractivity (Wildman–Crippen MR) is 90.2 cm³/mol. The average Bonchev–Trinajstić information content (AvgIpc) is 2.83. The van der Waals surface area contributed by atoms with Crippen LogP contribution in [0, 0.1) is 13.8 Å². The topological polar surface area (TPSA) is 17.1 Å². The van der Waals surface area contributed by atoms with Crippen molar-refractivity contribution in [3.8, 4) is 22.3 Å². The number of rotatable bonds is 1. The molecular formula is C21H16O. The fourth-order valence-electron chi connectivity index (χ4n) is 3.24. The van der Waals surface area contributed by atoms with Crippen LogP contribution in [0.1, 0.15) is 27.0 Å². The molecule has 3 aromatic carbocycles. The lowest BCUT2D eigenvalue weighted by molar-refractivity contribution is 0.104. The van der Waals surface area contributed by atoms with Gasteiger partial charge in [0.2, 0.25) is 0 Å². The van der Waals surface area contributed by atoms with Crippen molar-refractivity contribution >= 4 is 5.78 Å². The number of fused-ring (bicyclic) bond motifs is 3. The lowest BCUT2D eigenvalue weighted by atomic mass is 9.95. The van der Waals surface area contributed by atoms with Gasteiger partial charge in [0, 0.05) is 11.1 Å². The molecule has 1 heteroatoms. The molecule has 22 heavy (non-hydrogen) atoms. The summed E-state index contributed by atoms with van der Waals surface area (Å²) in [6.07, 6.45) is 0. The van der Waals surface area contributed by atoms with E-state index in [1.807, 2.05) is 30.3 Å². The predicted octanol–water partition coefficient (Wildman–Crippen LogP) is 5.18. The first-order valence-electron chi connectivity index (χ1n) is 7.51. The Bertz CT molecular complexity index is 919. The molecule has 0 fully saturated rings. The van der Waals surface area contributed by atoms with Gasteiger partial charge in [0.15, 0.2) is 5.78 Å². The van der Waals surface area contributed by atoms with Crippen molar-refractivity contribution in [2.75, 3.05) is 0 Å². The smallest absolute Gasteiger partial charge is 0.194 e. The summed E-state index contributed by atoms with van der Waals surface area (Å²) in [6.45, 7) is 4.20. The third kappa shape index (κ3) is 1.82. The molecule has 0 radical (unpaired) electrons. The third-order valence-electron chi connectivity index (χ3n) is 4.43. The van der Waals surface area contributed by atoms with Crippen LogP contribution in [0.4, 0.5) is 0 Å². The number of carbonyl (C=O) groups is 1. The Morgan fingerprint density at radius 2 is 1.36 bits per heavy atom. The standard InChI is InChI=1S/C21H16O/c1-13-7-8-14(2)19(11-13)15-9-10-17-16-5-3-4-6-18(16)21(22)20(17)12-15/h3-12H,1-2H3. The number of benzene rings is 3. The zero-order valence-electron chi connectivity index (χ0n) is 12.7. The van der Waals surface area contributed by atoms with Gasteiger partial charge >= 0.3 is 0 Å². The molecule has 1 nitrogen and oxygen atoms in total. The van der Waals surface area contributed by atoms with Gasteiger partial charge < -0.3 is 0 Å². The molecule has 1 aliphatic rings. The highest BCUT2D eigenvalue weighted by molar-refractivity contribution is 6.22. The second-order valence-corrected chi connectivity index (χ2v) is 5.95. The first kappa shape index (κ1) is 13.0. The van der Waals surface area contributed by atoms with Crippen molar-refractivity contribution in [2.24, 2.45) is 0 Å². The maximum atomic E-state index is 12.6. The molecule has 0 saturated carbocycles. The highest BCUT2D eigenvalue weighted by Gasteiger charge is 2.26. The van der Waals surface area contributed by atoms with Crippen LogP contribution in [0.15, 0.2) is 60.7 Å². The Balaban J connectivity index is 1.91. The van der Waals surface area contributed by atoms with Crippen molar-refractivity contribution in [2.45, 2.75) is 13.8 Å². The summed E-state index contributed by atoms with van der Waals surface area (Å²) in [7, 11) is 0. The van der Waals surface area contributed by atoms with E-state index in [-0.39, 0.29) is 5.78 Å². The highest BCUT2D eigenvalue weighted by atomic mass is 16.1. The van der Waals surface area contributed by atoms with E-state index in [1.165, 1.54) is 16.7 Å². The van der Waals surface area contributed by atoms with Crippen molar-refractivity contribution in [1.82, 2.24) is 0 Å². The van der Waals surface area contributed by atoms with E-state index in [2.05, 4.69) is 44.2 Å². The van der Waals surface area contributed by atoms with E-state index >= 15 is 0 Å². The van der Waals surface area contributed by atoms with Crippen LogP contribution < -0.4 is 0 Å². The number of aryl methyl sites for hydroxylation is 2. The van der Waals surface area contributed by atoms with Gasteiger partial charge in [-0.15, -0.1) is 0 Å². The molecule has 0 N–H and O–H groups in total. The Morgan fingerprint density at radius 1 is 0.636 bits per heavy atom. The number of carbonyl (C=O) groups excluding carboxylic acids is 1. The molecule has 0 saturated heterocycles. The number of hydrogen-bond donors (Lipinski definition) is 0. The van der Waals surface area contributed by atoms with Gasteiger partial charge in [-0.05, 0) is 47.7 Å². The van der Waals surface area contributed by atoms with Gasteiger partial charge in [0.1, 0.15) is 0 Å². The lowest BCUT2D eigenvalue weighted by Crippen LogP contribution is -1.95. The molecule has 0 heterocycles. The summed E-state index contributed by atoms with van der Waals surface area (Å²) in [6, 6.07) is 20.5. The van der Waals surface area contributed by atoms with Gasteiger partial charge in [-0.1, -0.05) is 60.2 Å². The van der Waals surface area contributed by atoms with Crippen LogP contribution >= 0.6 is 0 Å². The minimum absolute atomic E-state index is 0.137. The molecule has 0 spiro atoms.